The number of rotatable bonds is 8. The highest BCUT2D eigenvalue weighted by molar-refractivity contribution is 5.52. The highest BCUT2D eigenvalue weighted by atomic mass is 16.5. The number of anilines is 1. The first-order valence-electron chi connectivity index (χ1n) is 8.10. The molecule has 1 aliphatic rings. The second kappa shape index (κ2) is 8.85. The van der Waals surface area contributed by atoms with Crippen molar-refractivity contribution in [2.24, 2.45) is 5.73 Å². The summed E-state index contributed by atoms with van der Waals surface area (Å²) in [5.41, 5.74) is 5.53. The SMILES string of the molecule is CCOc1cccnc1N1CCN(CCCCCN)CC1. The fourth-order valence-corrected chi connectivity index (χ4v) is 2.73. The van der Waals surface area contributed by atoms with Crippen LogP contribution in [0.5, 0.6) is 5.75 Å². The summed E-state index contributed by atoms with van der Waals surface area (Å²) in [7, 11) is 0. The minimum absolute atomic E-state index is 0.680. The molecule has 1 saturated heterocycles. The smallest absolute Gasteiger partial charge is 0.171 e. The minimum Gasteiger partial charge on any atom is -0.490 e. The van der Waals surface area contributed by atoms with E-state index in [1.807, 2.05) is 25.3 Å². The maximum Gasteiger partial charge on any atom is 0.171 e. The molecule has 0 unspecified atom stereocenters. The number of hydrogen-bond donors (Lipinski definition) is 1. The van der Waals surface area contributed by atoms with Gasteiger partial charge < -0.3 is 15.4 Å². The van der Waals surface area contributed by atoms with E-state index in [0.29, 0.717) is 6.61 Å². The summed E-state index contributed by atoms with van der Waals surface area (Å²) in [6.07, 6.45) is 5.49. The molecule has 0 spiro atoms. The molecule has 1 aromatic heterocycles. The Bertz CT molecular complexity index is 405. The lowest BCUT2D eigenvalue weighted by Gasteiger charge is -2.35. The fourth-order valence-electron chi connectivity index (χ4n) is 2.73. The highest BCUT2D eigenvalue weighted by Crippen LogP contribution is 2.26. The van der Waals surface area contributed by atoms with Crippen LogP contribution in [0.4, 0.5) is 5.82 Å². The molecule has 118 valence electrons. The predicted molar refractivity (Wildman–Crippen MR) is 87.0 cm³/mol. The molecule has 2 heterocycles. The van der Waals surface area contributed by atoms with Gasteiger partial charge in [0.05, 0.1) is 6.61 Å². The van der Waals surface area contributed by atoms with Gasteiger partial charge in [-0.05, 0) is 45.0 Å². The summed E-state index contributed by atoms with van der Waals surface area (Å²) in [4.78, 5) is 9.37. The molecule has 0 atom stereocenters. The molecule has 5 nitrogen and oxygen atoms in total. The number of unbranched alkanes of at least 4 members (excludes halogenated alkanes) is 2. The van der Waals surface area contributed by atoms with Gasteiger partial charge in [-0.2, -0.15) is 0 Å². The Kier molecular flexibility index (Phi) is 6.76. The van der Waals surface area contributed by atoms with E-state index >= 15 is 0 Å². The third-order valence-electron chi connectivity index (χ3n) is 3.90. The third kappa shape index (κ3) is 4.86. The van der Waals surface area contributed by atoms with Crippen molar-refractivity contribution in [3.8, 4) is 5.75 Å². The second-order valence-corrected chi connectivity index (χ2v) is 5.44. The van der Waals surface area contributed by atoms with Gasteiger partial charge in [0.15, 0.2) is 11.6 Å². The molecule has 5 heteroatoms. The first-order valence-corrected chi connectivity index (χ1v) is 8.10. The van der Waals surface area contributed by atoms with Crippen molar-refractivity contribution >= 4 is 5.82 Å². The zero-order chi connectivity index (χ0) is 14.9. The van der Waals surface area contributed by atoms with E-state index in [2.05, 4.69) is 14.8 Å². The Hall–Kier alpha value is -1.33. The summed E-state index contributed by atoms with van der Waals surface area (Å²) in [5.74, 6) is 1.89. The summed E-state index contributed by atoms with van der Waals surface area (Å²) in [6, 6.07) is 3.94. The Morgan fingerprint density at radius 2 is 2.00 bits per heavy atom. The third-order valence-corrected chi connectivity index (χ3v) is 3.90. The monoisotopic (exact) mass is 292 g/mol. The van der Waals surface area contributed by atoms with Crippen LogP contribution < -0.4 is 15.4 Å². The quantitative estimate of drug-likeness (QED) is 0.740. The average molecular weight is 292 g/mol. The van der Waals surface area contributed by atoms with Gasteiger partial charge in [0.25, 0.3) is 0 Å². The molecule has 21 heavy (non-hydrogen) atoms. The predicted octanol–water partition coefficient (Wildman–Crippen LogP) is 1.73. The number of aromatic nitrogens is 1. The number of nitrogens with zero attached hydrogens (tertiary/aromatic N) is 3. The Balaban J connectivity index is 1.81. The summed E-state index contributed by atoms with van der Waals surface area (Å²) in [5, 5.41) is 0. The second-order valence-electron chi connectivity index (χ2n) is 5.44. The van der Waals surface area contributed by atoms with Crippen molar-refractivity contribution in [3.63, 3.8) is 0 Å². The van der Waals surface area contributed by atoms with Gasteiger partial charge >= 0.3 is 0 Å². The van der Waals surface area contributed by atoms with Gasteiger partial charge in [0, 0.05) is 32.4 Å². The van der Waals surface area contributed by atoms with Crippen molar-refractivity contribution in [3.05, 3.63) is 18.3 Å². The number of piperazine rings is 1. The first-order chi connectivity index (χ1) is 10.3. The van der Waals surface area contributed by atoms with E-state index in [0.717, 1.165) is 50.7 Å². The molecule has 0 aliphatic carbocycles. The van der Waals surface area contributed by atoms with Crippen molar-refractivity contribution in [1.29, 1.82) is 0 Å². The van der Waals surface area contributed by atoms with Gasteiger partial charge in [-0.15, -0.1) is 0 Å². The molecular formula is C16H28N4O. The zero-order valence-electron chi connectivity index (χ0n) is 13.1. The Labute approximate surface area is 128 Å². The van der Waals surface area contributed by atoms with Crippen molar-refractivity contribution < 1.29 is 4.74 Å². The van der Waals surface area contributed by atoms with E-state index in [9.17, 15) is 0 Å². The molecule has 0 radical (unpaired) electrons. The van der Waals surface area contributed by atoms with Crippen LogP contribution >= 0.6 is 0 Å². The van der Waals surface area contributed by atoms with Crippen molar-refractivity contribution in [2.75, 3.05) is 50.8 Å². The largest absolute Gasteiger partial charge is 0.490 e. The van der Waals surface area contributed by atoms with Crippen LogP contribution in [0.15, 0.2) is 18.3 Å². The summed E-state index contributed by atoms with van der Waals surface area (Å²) < 4.78 is 5.68. The molecule has 0 amide bonds. The van der Waals surface area contributed by atoms with Gasteiger partial charge in [-0.1, -0.05) is 6.42 Å². The maximum atomic E-state index is 5.68. The van der Waals surface area contributed by atoms with Crippen LogP contribution in [-0.2, 0) is 0 Å². The lowest BCUT2D eigenvalue weighted by Crippen LogP contribution is -2.47. The van der Waals surface area contributed by atoms with Crippen molar-refractivity contribution in [2.45, 2.75) is 26.2 Å². The van der Waals surface area contributed by atoms with Crippen LogP contribution in [0.25, 0.3) is 0 Å². The van der Waals surface area contributed by atoms with E-state index in [1.54, 1.807) is 0 Å². The highest BCUT2D eigenvalue weighted by Gasteiger charge is 2.20. The molecule has 0 bridgehead atoms. The molecule has 1 aromatic rings. The Morgan fingerprint density at radius 1 is 1.19 bits per heavy atom. The van der Waals surface area contributed by atoms with Crippen LogP contribution in [-0.4, -0.2) is 55.8 Å². The molecule has 1 aliphatic heterocycles. The maximum absolute atomic E-state index is 5.68. The Morgan fingerprint density at radius 3 is 2.71 bits per heavy atom. The van der Waals surface area contributed by atoms with E-state index in [4.69, 9.17) is 10.5 Å². The molecule has 0 aromatic carbocycles. The zero-order valence-corrected chi connectivity index (χ0v) is 13.1. The number of pyridine rings is 1. The molecule has 0 saturated carbocycles. The lowest BCUT2D eigenvalue weighted by molar-refractivity contribution is 0.250. The van der Waals surface area contributed by atoms with Crippen LogP contribution in [0.1, 0.15) is 26.2 Å². The number of hydrogen-bond acceptors (Lipinski definition) is 5. The minimum atomic E-state index is 0.680. The molecule has 2 N–H and O–H groups in total. The first kappa shape index (κ1) is 16.0. The van der Waals surface area contributed by atoms with Crippen LogP contribution in [0.2, 0.25) is 0 Å². The topological polar surface area (TPSA) is 54.6 Å². The van der Waals surface area contributed by atoms with Gasteiger partial charge in [-0.3, -0.25) is 4.90 Å². The van der Waals surface area contributed by atoms with E-state index in [-0.39, 0.29) is 0 Å². The van der Waals surface area contributed by atoms with E-state index < -0.39 is 0 Å². The lowest BCUT2D eigenvalue weighted by atomic mass is 10.2. The van der Waals surface area contributed by atoms with E-state index in [1.165, 1.54) is 19.4 Å². The number of ether oxygens (including phenoxy) is 1. The van der Waals surface area contributed by atoms with Crippen LogP contribution in [0, 0.1) is 0 Å². The average Bonchev–Trinajstić information content (AvgIpc) is 2.53. The van der Waals surface area contributed by atoms with Gasteiger partial charge in [0.2, 0.25) is 0 Å². The summed E-state index contributed by atoms with van der Waals surface area (Å²) >= 11 is 0. The van der Waals surface area contributed by atoms with Gasteiger partial charge in [-0.25, -0.2) is 4.98 Å². The molecule has 1 fully saturated rings. The molecular weight excluding hydrogens is 264 g/mol. The van der Waals surface area contributed by atoms with Gasteiger partial charge in [0.1, 0.15) is 0 Å². The molecule has 2 rings (SSSR count). The number of nitrogens with two attached hydrogens (primary N) is 1. The normalized spacial score (nSPS) is 16.2. The standard InChI is InChI=1S/C16H28N4O/c1-2-21-15-7-6-9-18-16(15)20-13-11-19(12-14-20)10-5-3-4-8-17/h6-7,9H,2-5,8,10-14,17H2,1H3. The van der Waals surface area contributed by atoms with Crippen molar-refractivity contribution in [1.82, 2.24) is 9.88 Å². The van der Waals surface area contributed by atoms with Crippen LogP contribution in [0.3, 0.4) is 0 Å². The summed E-state index contributed by atoms with van der Waals surface area (Å²) in [6.45, 7) is 8.94. The fraction of sp³-hybridized carbons (Fsp3) is 0.688.